The van der Waals surface area contributed by atoms with E-state index in [-0.39, 0.29) is 5.91 Å². The fraction of sp³-hybridized carbons (Fsp3) is 0.316. The van der Waals surface area contributed by atoms with E-state index in [2.05, 4.69) is 47.9 Å². The minimum atomic E-state index is 0.0321. The first-order chi connectivity index (χ1) is 10.6. The van der Waals surface area contributed by atoms with Crippen molar-refractivity contribution < 1.29 is 4.79 Å². The minimum absolute atomic E-state index is 0.0321. The van der Waals surface area contributed by atoms with E-state index in [4.69, 9.17) is 0 Å². The molecule has 0 saturated heterocycles. The van der Waals surface area contributed by atoms with Gasteiger partial charge in [-0.3, -0.25) is 4.79 Å². The van der Waals surface area contributed by atoms with Crippen LogP contribution in [-0.2, 0) is 11.2 Å². The number of carbonyl (C=O) groups excluding carboxylic acids is 1. The zero-order chi connectivity index (χ0) is 15.9. The molecule has 0 heterocycles. The Labute approximate surface area is 132 Å². The fourth-order valence-electron chi connectivity index (χ4n) is 2.35. The molecule has 0 fully saturated rings. The van der Waals surface area contributed by atoms with Crippen molar-refractivity contribution >= 4 is 17.3 Å². The van der Waals surface area contributed by atoms with Crippen LogP contribution in [0.3, 0.4) is 0 Å². The SMILES string of the molecule is CCc1ccc(NCCC(=O)Nc2ccc(C)cc2C)cc1. The third kappa shape index (κ3) is 4.62. The Morgan fingerprint density at radius 2 is 1.77 bits per heavy atom. The second kappa shape index (κ2) is 7.64. The highest BCUT2D eigenvalue weighted by atomic mass is 16.1. The number of aryl methyl sites for hydroxylation is 3. The van der Waals surface area contributed by atoms with Crippen molar-refractivity contribution in [3.05, 3.63) is 59.2 Å². The van der Waals surface area contributed by atoms with Gasteiger partial charge in [0.15, 0.2) is 0 Å². The van der Waals surface area contributed by atoms with Crippen molar-refractivity contribution in [2.45, 2.75) is 33.6 Å². The Hall–Kier alpha value is -2.29. The van der Waals surface area contributed by atoms with Crippen LogP contribution in [0.5, 0.6) is 0 Å². The summed E-state index contributed by atoms with van der Waals surface area (Å²) in [5.74, 6) is 0.0321. The maximum atomic E-state index is 12.0. The number of rotatable bonds is 6. The van der Waals surface area contributed by atoms with Crippen molar-refractivity contribution in [3.63, 3.8) is 0 Å². The van der Waals surface area contributed by atoms with Crippen LogP contribution < -0.4 is 10.6 Å². The van der Waals surface area contributed by atoms with Crippen LogP contribution in [-0.4, -0.2) is 12.5 Å². The van der Waals surface area contributed by atoms with Crippen molar-refractivity contribution in [2.24, 2.45) is 0 Å². The molecule has 0 saturated carbocycles. The lowest BCUT2D eigenvalue weighted by Gasteiger charge is -2.10. The quantitative estimate of drug-likeness (QED) is 0.834. The van der Waals surface area contributed by atoms with E-state index in [1.165, 1.54) is 11.1 Å². The first-order valence-corrected chi connectivity index (χ1v) is 7.78. The van der Waals surface area contributed by atoms with E-state index in [0.717, 1.165) is 23.4 Å². The van der Waals surface area contributed by atoms with Crippen LogP contribution in [0.2, 0.25) is 0 Å². The number of nitrogens with one attached hydrogen (secondary N) is 2. The molecule has 0 aliphatic heterocycles. The standard InChI is InChI=1S/C19H24N2O/c1-4-16-6-8-17(9-7-16)20-12-11-19(22)21-18-10-5-14(2)13-15(18)3/h5-10,13,20H,4,11-12H2,1-3H3,(H,21,22). The smallest absolute Gasteiger partial charge is 0.226 e. The molecule has 0 bridgehead atoms. The van der Waals surface area contributed by atoms with Gasteiger partial charge in [0, 0.05) is 24.3 Å². The molecule has 0 aliphatic rings. The van der Waals surface area contributed by atoms with E-state index in [1.54, 1.807) is 0 Å². The van der Waals surface area contributed by atoms with E-state index in [0.29, 0.717) is 13.0 Å². The van der Waals surface area contributed by atoms with Crippen LogP contribution in [0.4, 0.5) is 11.4 Å². The third-order valence-electron chi connectivity index (χ3n) is 3.70. The van der Waals surface area contributed by atoms with Crippen LogP contribution >= 0.6 is 0 Å². The minimum Gasteiger partial charge on any atom is -0.385 e. The summed E-state index contributed by atoms with van der Waals surface area (Å²) in [6.45, 7) is 6.82. The highest BCUT2D eigenvalue weighted by Gasteiger charge is 2.04. The van der Waals surface area contributed by atoms with Gasteiger partial charge in [0.2, 0.25) is 5.91 Å². The molecule has 0 aromatic heterocycles. The fourth-order valence-corrected chi connectivity index (χ4v) is 2.35. The molecule has 2 rings (SSSR count). The average molecular weight is 296 g/mol. The summed E-state index contributed by atoms with van der Waals surface area (Å²) in [6, 6.07) is 14.4. The Bertz CT molecular complexity index is 632. The first kappa shape index (κ1) is 16.1. The number of hydrogen-bond acceptors (Lipinski definition) is 2. The number of hydrogen-bond donors (Lipinski definition) is 2. The van der Waals surface area contributed by atoms with Crippen molar-refractivity contribution in [3.8, 4) is 0 Å². The van der Waals surface area contributed by atoms with Gasteiger partial charge < -0.3 is 10.6 Å². The normalized spacial score (nSPS) is 10.3. The van der Waals surface area contributed by atoms with E-state index in [1.807, 2.05) is 26.0 Å². The lowest BCUT2D eigenvalue weighted by molar-refractivity contribution is -0.115. The molecule has 3 heteroatoms. The molecule has 0 atom stereocenters. The largest absolute Gasteiger partial charge is 0.385 e. The second-order valence-corrected chi connectivity index (χ2v) is 5.59. The van der Waals surface area contributed by atoms with Gasteiger partial charge in [-0.25, -0.2) is 0 Å². The summed E-state index contributed by atoms with van der Waals surface area (Å²) < 4.78 is 0. The van der Waals surface area contributed by atoms with Gasteiger partial charge in [-0.15, -0.1) is 0 Å². The number of carbonyl (C=O) groups is 1. The van der Waals surface area contributed by atoms with Crippen LogP contribution in [0, 0.1) is 13.8 Å². The summed E-state index contributed by atoms with van der Waals surface area (Å²) >= 11 is 0. The average Bonchev–Trinajstić information content (AvgIpc) is 2.51. The molecular weight excluding hydrogens is 272 g/mol. The Morgan fingerprint density at radius 1 is 1.05 bits per heavy atom. The summed E-state index contributed by atoms with van der Waals surface area (Å²) in [6.07, 6.45) is 1.49. The van der Waals surface area contributed by atoms with Gasteiger partial charge in [0.05, 0.1) is 0 Å². The predicted molar refractivity (Wildman–Crippen MR) is 93.5 cm³/mol. The molecule has 0 unspecified atom stereocenters. The van der Waals surface area contributed by atoms with Crippen molar-refractivity contribution in [2.75, 3.05) is 17.2 Å². The second-order valence-electron chi connectivity index (χ2n) is 5.59. The molecule has 0 aliphatic carbocycles. The number of anilines is 2. The highest BCUT2D eigenvalue weighted by Crippen LogP contribution is 2.16. The zero-order valence-electron chi connectivity index (χ0n) is 13.6. The molecule has 2 aromatic rings. The van der Waals surface area contributed by atoms with Gasteiger partial charge in [-0.05, 0) is 49.6 Å². The summed E-state index contributed by atoms with van der Waals surface area (Å²) in [4.78, 5) is 12.0. The summed E-state index contributed by atoms with van der Waals surface area (Å²) in [5, 5.41) is 6.24. The molecule has 2 N–H and O–H groups in total. The molecule has 0 spiro atoms. The number of benzene rings is 2. The molecule has 1 amide bonds. The monoisotopic (exact) mass is 296 g/mol. The van der Waals surface area contributed by atoms with Crippen molar-refractivity contribution in [1.82, 2.24) is 0 Å². The third-order valence-corrected chi connectivity index (χ3v) is 3.70. The van der Waals surface area contributed by atoms with Gasteiger partial charge in [0.25, 0.3) is 0 Å². The van der Waals surface area contributed by atoms with E-state index < -0.39 is 0 Å². The molecular formula is C19H24N2O. The summed E-state index contributed by atoms with van der Waals surface area (Å²) in [5.41, 5.74) is 5.56. The highest BCUT2D eigenvalue weighted by molar-refractivity contribution is 5.91. The van der Waals surface area contributed by atoms with Crippen LogP contribution in [0.15, 0.2) is 42.5 Å². The predicted octanol–water partition coefficient (Wildman–Crippen LogP) is 4.31. The van der Waals surface area contributed by atoms with Crippen LogP contribution in [0.25, 0.3) is 0 Å². The zero-order valence-corrected chi connectivity index (χ0v) is 13.6. The van der Waals surface area contributed by atoms with Crippen molar-refractivity contribution in [1.29, 1.82) is 0 Å². The Morgan fingerprint density at radius 3 is 2.41 bits per heavy atom. The van der Waals surface area contributed by atoms with Gasteiger partial charge in [-0.1, -0.05) is 36.8 Å². The van der Waals surface area contributed by atoms with Gasteiger partial charge >= 0.3 is 0 Å². The summed E-state index contributed by atoms with van der Waals surface area (Å²) in [7, 11) is 0. The van der Waals surface area contributed by atoms with E-state index in [9.17, 15) is 4.79 Å². The van der Waals surface area contributed by atoms with Crippen LogP contribution in [0.1, 0.15) is 30.0 Å². The lowest BCUT2D eigenvalue weighted by Crippen LogP contribution is -2.16. The molecule has 116 valence electrons. The Balaban J connectivity index is 1.79. The molecule has 22 heavy (non-hydrogen) atoms. The van der Waals surface area contributed by atoms with E-state index >= 15 is 0 Å². The number of amides is 1. The van der Waals surface area contributed by atoms with Gasteiger partial charge in [0.1, 0.15) is 0 Å². The maximum absolute atomic E-state index is 12.0. The maximum Gasteiger partial charge on any atom is 0.226 e. The molecule has 0 radical (unpaired) electrons. The molecule has 2 aromatic carbocycles. The molecule has 3 nitrogen and oxygen atoms in total. The first-order valence-electron chi connectivity index (χ1n) is 7.78. The Kier molecular flexibility index (Phi) is 5.59. The lowest BCUT2D eigenvalue weighted by atomic mass is 10.1. The topological polar surface area (TPSA) is 41.1 Å². The van der Waals surface area contributed by atoms with Gasteiger partial charge in [-0.2, -0.15) is 0 Å².